The maximum absolute atomic E-state index is 5.65. The van der Waals surface area contributed by atoms with Gasteiger partial charge in [-0.05, 0) is 38.8 Å². The van der Waals surface area contributed by atoms with Gasteiger partial charge in [-0.2, -0.15) is 0 Å². The Balaban J connectivity index is 2.20. The van der Waals surface area contributed by atoms with Gasteiger partial charge in [0.05, 0.1) is 23.5 Å². The van der Waals surface area contributed by atoms with Gasteiger partial charge in [0.25, 0.3) is 0 Å². The van der Waals surface area contributed by atoms with Crippen LogP contribution in [0.5, 0.6) is 5.88 Å². The van der Waals surface area contributed by atoms with Gasteiger partial charge in [0.2, 0.25) is 5.88 Å². The van der Waals surface area contributed by atoms with Crippen LogP contribution in [0.4, 0.5) is 5.69 Å². The minimum atomic E-state index is -0.0106. The number of rotatable bonds is 4. The van der Waals surface area contributed by atoms with Crippen molar-refractivity contribution >= 4 is 11.3 Å². The lowest BCUT2D eigenvalue weighted by Crippen LogP contribution is -2.31. The number of hydrogen-bond donors (Lipinski definition) is 1. The van der Waals surface area contributed by atoms with Crippen LogP contribution in [0.2, 0.25) is 0 Å². The van der Waals surface area contributed by atoms with E-state index in [9.17, 15) is 0 Å². The molecule has 0 spiro atoms. The first-order valence-corrected chi connectivity index (χ1v) is 6.64. The normalized spacial score (nSPS) is 16.6. The summed E-state index contributed by atoms with van der Waals surface area (Å²) in [6.45, 7) is 9.31. The standard InChI is InChI=1S/C15H22N2O/c1-5-6-9-18-13-8-7-12-14(16-13)11(2)10-15(3,4)17-12/h7-8,10,17H,5-6,9H2,1-4H3. The molecule has 0 unspecified atom stereocenters. The number of allylic oxidation sites excluding steroid dienone is 1. The quantitative estimate of drug-likeness (QED) is 0.819. The van der Waals surface area contributed by atoms with E-state index in [0.717, 1.165) is 36.7 Å². The summed E-state index contributed by atoms with van der Waals surface area (Å²) in [5.41, 5.74) is 3.28. The molecule has 1 aliphatic heterocycles. The number of nitrogens with one attached hydrogen (secondary N) is 1. The average molecular weight is 246 g/mol. The van der Waals surface area contributed by atoms with Crippen molar-refractivity contribution in [3.05, 3.63) is 23.9 Å². The summed E-state index contributed by atoms with van der Waals surface area (Å²) in [4.78, 5) is 4.58. The lowest BCUT2D eigenvalue weighted by molar-refractivity contribution is 0.297. The molecule has 0 bridgehead atoms. The van der Waals surface area contributed by atoms with Crippen LogP contribution in [-0.4, -0.2) is 17.1 Å². The molecule has 1 aliphatic rings. The first-order valence-electron chi connectivity index (χ1n) is 6.64. The molecule has 0 aromatic carbocycles. The fourth-order valence-corrected chi connectivity index (χ4v) is 2.24. The molecule has 0 radical (unpaired) electrons. The second-order valence-electron chi connectivity index (χ2n) is 5.42. The van der Waals surface area contributed by atoms with E-state index >= 15 is 0 Å². The Kier molecular flexibility index (Phi) is 3.60. The molecule has 1 aromatic rings. The Bertz CT molecular complexity index is 464. The largest absolute Gasteiger partial charge is 0.478 e. The van der Waals surface area contributed by atoms with Crippen LogP contribution >= 0.6 is 0 Å². The Morgan fingerprint density at radius 3 is 2.83 bits per heavy atom. The SMILES string of the molecule is CCCCOc1ccc2c(n1)C(C)=CC(C)(C)N2. The molecule has 0 saturated heterocycles. The van der Waals surface area contributed by atoms with Gasteiger partial charge in [-0.15, -0.1) is 0 Å². The Morgan fingerprint density at radius 2 is 2.11 bits per heavy atom. The van der Waals surface area contributed by atoms with Gasteiger partial charge >= 0.3 is 0 Å². The number of ether oxygens (including phenoxy) is 1. The van der Waals surface area contributed by atoms with E-state index < -0.39 is 0 Å². The summed E-state index contributed by atoms with van der Waals surface area (Å²) >= 11 is 0. The molecular weight excluding hydrogens is 224 g/mol. The molecule has 98 valence electrons. The van der Waals surface area contributed by atoms with Crippen LogP contribution in [0.3, 0.4) is 0 Å². The molecule has 0 atom stereocenters. The van der Waals surface area contributed by atoms with Gasteiger partial charge in [-0.1, -0.05) is 19.4 Å². The summed E-state index contributed by atoms with van der Waals surface area (Å²) in [6.07, 6.45) is 4.41. The third-order valence-electron chi connectivity index (χ3n) is 3.03. The molecule has 1 N–H and O–H groups in total. The molecular formula is C15H22N2O. The highest BCUT2D eigenvalue weighted by atomic mass is 16.5. The van der Waals surface area contributed by atoms with E-state index in [4.69, 9.17) is 4.74 Å². The first-order chi connectivity index (χ1) is 8.52. The lowest BCUT2D eigenvalue weighted by atomic mass is 9.94. The molecule has 0 aliphatic carbocycles. The molecule has 3 heteroatoms. The molecule has 3 nitrogen and oxygen atoms in total. The maximum Gasteiger partial charge on any atom is 0.213 e. The van der Waals surface area contributed by atoms with Gasteiger partial charge in [-0.3, -0.25) is 0 Å². The van der Waals surface area contributed by atoms with Crippen LogP contribution in [0.1, 0.15) is 46.2 Å². The number of aromatic nitrogens is 1. The summed E-state index contributed by atoms with van der Waals surface area (Å²) in [5.74, 6) is 0.719. The molecule has 0 fully saturated rings. The number of anilines is 1. The Hall–Kier alpha value is -1.51. The molecule has 0 saturated carbocycles. The number of fused-ring (bicyclic) bond motifs is 1. The molecule has 2 rings (SSSR count). The number of hydrogen-bond acceptors (Lipinski definition) is 3. The van der Waals surface area contributed by atoms with E-state index in [0.29, 0.717) is 0 Å². The van der Waals surface area contributed by atoms with Crippen LogP contribution in [0.25, 0.3) is 5.57 Å². The zero-order chi connectivity index (χ0) is 13.2. The van der Waals surface area contributed by atoms with E-state index in [1.807, 2.05) is 6.07 Å². The van der Waals surface area contributed by atoms with Crippen molar-refractivity contribution in [3.8, 4) is 5.88 Å². The molecule has 1 aromatic heterocycles. The highest BCUT2D eigenvalue weighted by Crippen LogP contribution is 2.33. The summed E-state index contributed by atoms with van der Waals surface area (Å²) < 4.78 is 5.65. The topological polar surface area (TPSA) is 34.1 Å². The van der Waals surface area contributed by atoms with Crippen LogP contribution in [0, 0.1) is 0 Å². The Labute approximate surface area is 109 Å². The number of unbranched alkanes of at least 4 members (excludes halogenated alkanes) is 1. The molecule has 2 heterocycles. The van der Waals surface area contributed by atoms with E-state index in [1.54, 1.807) is 0 Å². The van der Waals surface area contributed by atoms with Crippen molar-refractivity contribution < 1.29 is 4.74 Å². The van der Waals surface area contributed by atoms with Gasteiger partial charge < -0.3 is 10.1 Å². The van der Waals surface area contributed by atoms with Gasteiger partial charge in [-0.25, -0.2) is 4.98 Å². The van der Waals surface area contributed by atoms with Crippen molar-refractivity contribution in [2.24, 2.45) is 0 Å². The van der Waals surface area contributed by atoms with E-state index in [2.05, 4.69) is 50.1 Å². The summed E-state index contributed by atoms with van der Waals surface area (Å²) in [6, 6.07) is 4.00. The number of pyridine rings is 1. The predicted octanol–water partition coefficient (Wildman–Crippen LogP) is 3.87. The first kappa shape index (κ1) is 12.9. The van der Waals surface area contributed by atoms with Gasteiger partial charge in [0.15, 0.2) is 0 Å². The maximum atomic E-state index is 5.65. The van der Waals surface area contributed by atoms with Crippen molar-refractivity contribution in [3.63, 3.8) is 0 Å². The Morgan fingerprint density at radius 1 is 1.33 bits per heavy atom. The van der Waals surface area contributed by atoms with Crippen molar-refractivity contribution in [2.75, 3.05) is 11.9 Å². The molecule has 0 amide bonds. The number of nitrogens with zero attached hydrogens (tertiary/aromatic N) is 1. The van der Waals surface area contributed by atoms with Crippen molar-refractivity contribution in [2.45, 2.75) is 46.1 Å². The summed E-state index contributed by atoms with van der Waals surface area (Å²) in [7, 11) is 0. The van der Waals surface area contributed by atoms with Gasteiger partial charge in [0, 0.05) is 6.07 Å². The lowest BCUT2D eigenvalue weighted by Gasteiger charge is -2.30. The van der Waals surface area contributed by atoms with Gasteiger partial charge in [0.1, 0.15) is 0 Å². The fraction of sp³-hybridized carbons (Fsp3) is 0.533. The predicted molar refractivity (Wildman–Crippen MR) is 76.0 cm³/mol. The minimum absolute atomic E-state index is 0.0106. The highest BCUT2D eigenvalue weighted by Gasteiger charge is 2.23. The monoisotopic (exact) mass is 246 g/mol. The molecule has 18 heavy (non-hydrogen) atoms. The third kappa shape index (κ3) is 2.84. The fourth-order valence-electron chi connectivity index (χ4n) is 2.24. The van der Waals surface area contributed by atoms with Crippen LogP contribution in [0.15, 0.2) is 18.2 Å². The van der Waals surface area contributed by atoms with E-state index in [1.165, 1.54) is 5.57 Å². The highest BCUT2D eigenvalue weighted by molar-refractivity contribution is 5.77. The second-order valence-corrected chi connectivity index (χ2v) is 5.42. The zero-order valence-electron chi connectivity index (χ0n) is 11.7. The third-order valence-corrected chi connectivity index (χ3v) is 3.03. The summed E-state index contributed by atoms with van der Waals surface area (Å²) in [5, 5.41) is 3.47. The zero-order valence-corrected chi connectivity index (χ0v) is 11.7. The second kappa shape index (κ2) is 5.01. The smallest absolute Gasteiger partial charge is 0.213 e. The van der Waals surface area contributed by atoms with E-state index in [-0.39, 0.29) is 5.54 Å². The average Bonchev–Trinajstić information content (AvgIpc) is 2.29. The van der Waals surface area contributed by atoms with Crippen molar-refractivity contribution in [1.29, 1.82) is 0 Å². The van der Waals surface area contributed by atoms with Crippen LogP contribution in [-0.2, 0) is 0 Å². The van der Waals surface area contributed by atoms with Crippen LogP contribution < -0.4 is 10.1 Å². The minimum Gasteiger partial charge on any atom is -0.478 e. The van der Waals surface area contributed by atoms with Crippen molar-refractivity contribution in [1.82, 2.24) is 4.98 Å².